The average molecular weight is 2200 g/mol. The summed E-state index contributed by atoms with van der Waals surface area (Å²) in [7, 11) is 13.1. The minimum atomic E-state index is -1.91. The molecule has 10 aromatic heterocycles. The lowest BCUT2D eigenvalue weighted by atomic mass is 10.2. The van der Waals surface area contributed by atoms with Crippen molar-refractivity contribution < 1.29 is 82.1 Å². The van der Waals surface area contributed by atoms with Gasteiger partial charge in [0.2, 0.25) is 6.41 Å². The van der Waals surface area contributed by atoms with Gasteiger partial charge >= 0.3 is 0 Å². The Bertz CT molecular complexity index is 5660. The molecule has 5 unspecified atom stereocenters. The van der Waals surface area contributed by atoms with E-state index in [0.717, 1.165) is 5.33 Å². The summed E-state index contributed by atoms with van der Waals surface area (Å²) in [6, 6.07) is 0. The van der Waals surface area contributed by atoms with Crippen LogP contribution in [-0.2, 0) is 51.5 Å². The molecule has 0 amide bonds. The quantitative estimate of drug-likeness (QED) is 0.00394. The number of aliphatic hydroxyl groups is 6. The molecule has 0 radical (unpaired) electrons. The standard InChI is InChI=1S/C22H36N6O3Si.C19H32N6O3Si.C13H18N6O3.C13H17N5O3.C10H13N5O3.C6H15ClSi.C5H13NO2.C3H5Br.5CH4/c1-9-10-29-16-11-18(31-17(16)12-30-32(7,8)22(2,3)4)28-15-25-19-20(26-14-27(5)6)23-13-24-21(19)28;1-19(2,3)29(6,7)27-9-14-13(26)8-15(28-14)25-12-22-16-17(23-11-24(4)5)20-10-21-18(16)25;1-18(2)6-17-12-11-13(15-5-14-12)19(7-16-11)10-3-8(21)9(4-20)22-10;1-2-3-20-8-4-10(21-9(8)5-19)18-7-17-11-12(14)15-6-16-13(11)18;11-9-8-10(13-3-12-9)15(4-14-8)7-1-5(17)6(2-16)18-7;1-6(2,3)8(4,5)7;1-6(2)5(7-3)8-4;1-2-3-4;;;;;/h9,13-18H,1,10-12H2,2-8H3;10-15,26H,8-9H2,1-7H3;5-10,20-21H,3-4H2,1-2H3;2,6-10,19H,1,3-5H2,(H2,14,15,16);3-7,16-17H,1-2H2,(H2,11,12,13);1-5H3;5H,1-4H3;2H,1,3H2;5*1H4/t16?,17-,18-;13?,14-,15-;2*8?,9-,10-;5?,6-,7-;;;;;;;;/m11111......../s1. The minimum absolute atomic E-state index is 0. The van der Waals surface area contributed by atoms with E-state index in [2.05, 4.69) is 227 Å². The number of imidazole rings is 5. The Labute approximate surface area is 883 Å². The molecule has 10 aromatic rings. The molecule has 5 aliphatic rings. The average Bonchev–Trinajstić information content (AvgIpc) is 1.65. The summed E-state index contributed by atoms with van der Waals surface area (Å²) in [6.07, 6.45) is 21.6. The highest BCUT2D eigenvalue weighted by Gasteiger charge is 2.46. The Morgan fingerprint density at radius 1 is 0.422 bits per heavy atom. The largest absolute Gasteiger partial charge is 0.414 e. The summed E-state index contributed by atoms with van der Waals surface area (Å²) >= 11 is 9.28. The molecule has 15 rings (SSSR count). The summed E-state index contributed by atoms with van der Waals surface area (Å²) in [5.74, 6) is 2.12. The zero-order valence-corrected chi connectivity index (χ0v) is 91.8. The Morgan fingerprint density at radius 3 is 0.939 bits per heavy atom. The van der Waals surface area contributed by atoms with Gasteiger partial charge in [-0.05, 0) is 55.4 Å². The lowest BCUT2D eigenvalue weighted by Gasteiger charge is -2.37. The summed E-state index contributed by atoms with van der Waals surface area (Å²) in [5.41, 5.74) is 17.4. The van der Waals surface area contributed by atoms with Crippen LogP contribution in [0.4, 0.5) is 29.1 Å². The van der Waals surface area contributed by atoms with Gasteiger partial charge < -0.3 is 108 Å². The molecule has 0 saturated carbocycles. The predicted octanol–water partition coefficient (Wildman–Crippen LogP) is 13.7. The van der Waals surface area contributed by atoms with Crippen LogP contribution in [0.3, 0.4) is 0 Å². The van der Waals surface area contributed by atoms with Crippen molar-refractivity contribution in [3.05, 3.63) is 101 Å². The van der Waals surface area contributed by atoms with E-state index in [-0.39, 0.29) is 123 Å². The number of halogens is 2. The number of hydrogen-bond acceptors (Lipinski definition) is 38. The lowest BCUT2D eigenvalue weighted by Crippen LogP contribution is -2.44. The van der Waals surface area contributed by atoms with E-state index in [1.54, 1.807) is 102 Å². The second-order valence-corrected chi connectivity index (χ2v) is 56.8. The Morgan fingerprint density at radius 2 is 0.680 bits per heavy atom. The molecular weight excluding hydrogens is 2030 g/mol. The Hall–Kier alpha value is -9.32. The number of hydrogen-bond donors (Lipinski definition) is 8. The molecule has 5 saturated heterocycles. The fourth-order valence-corrected chi connectivity index (χ4v) is 15.6. The molecule has 5 fully saturated rings. The van der Waals surface area contributed by atoms with Crippen molar-refractivity contribution in [3.63, 3.8) is 0 Å². The summed E-state index contributed by atoms with van der Waals surface area (Å²) in [4.78, 5) is 83.6. The number of nitrogens with zero attached hydrogens (tertiary/aromatic N) is 27. The van der Waals surface area contributed by atoms with Crippen LogP contribution in [-0.4, -0.2) is 381 Å². The molecule has 15 heterocycles. The number of anilines is 2. The van der Waals surface area contributed by atoms with Crippen molar-refractivity contribution in [3.8, 4) is 0 Å². The number of nitrogen functional groups attached to an aromatic ring is 2. The predicted molar refractivity (Wildman–Crippen MR) is 591 cm³/mol. The molecular formula is C96H169BrClN29O17Si3. The van der Waals surface area contributed by atoms with Gasteiger partial charge in [0, 0.05) is 93.9 Å². The van der Waals surface area contributed by atoms with Gasteiger partial charge in [-0.3, -0.25) is 27.7 Å². The number of allylic oxidation sites excluding steroid dienone is 1. The van der Waals surface area contributed by atoms with Gasteiger partial charge in [0.1, 0.15) is 104 Å². The number of aromatic nitrogens is 20. The van der Waals surface area contributed by atoms with Crippen molar-refractivity contribution in [2.24, 2.45) is 15.0 Å². The monoisotopic (exact) mass is 2200 g/mol. The van der Waals surface area contributed by atoms with Gasteiger partial charge in [-0.2, -0.15) is 11.1 Å². The zero-order chi connectivity index (χ0) is 105. The van der Waals surface area contributed by atoms with Crippen LogP contribution >= 0.6 is 27.0 Å². The van der Waals surface area contributed by atoms with Crippen molar-refractivity contribution in [2.75, 3.05) is 134 Å². The minimum Gasteiger partial charge on any atom is -0.414 e. The first kappa shape index (κ1) is 132. The molecule has 10 N–H and O–H groups in total. The van der Waals surface area contributed by atoms with Gasteiger partial charge in [0.25, 0.3) is 0 Å². The third-order valence-electron chi connectivity index (χ3n) is 24.5. The van der Waals surface area contributed by atoms with E-state index in [4.69, 9.17) is 79.1 Å². The highest BCUT2D eigenvalue weighted by atomic mass is 79.9. The third kappa shape index (κ3) is 35.9. The number of aliphatic imine (C=N–C) groups is 3. The fourth-order valence-electron chi connectivity index (χ4n) is 13.6. The van der Waals surface area contributed by atoms with Crippen LogP contribution in [0.1, 0.15) is 163 Å². The molecule has 0 bridgehead atoms. The number of aliphatic hydroxyl groups excluding tert-OH is 6. The fraction of sp³-hybridized carbons (Fsp3) is 0.646. The summed E-state index contributed by atoms with van der Waals surface area (Å²) in [6.45, 7) is 45.1. The second-order valence-electron chi connectivity index (χ2n) is 39.3. The smallest absolute Gasteiger partial charge is 0.217 e. The SMILES string of the molecule is C.C.C.C.C.C=CCBr.C=CCOC1C[C@H](n2cnc3c(N)ncnc32)O[C@@H]1CO.C=CCOC1C[C@H](n2cnc3c(N=CN(C)C)ncnc32)O[C@@H]1CO[Si](C)(C)C(C)(C)C.CC(C)(C)[Si](C)(C)Cl.CN(C)C=Nc1ncnc2c1ncn2[C@H]1CC(O)[C@@H](CO)O1.CN(C)C=Nc1ncnc2c1ncn2[C@H]1CC(O)[C@@H](CO[Si](C)(C)C(C)(C)C)O1.COC(OC)N(C)C.Nc1ncnc2c1ncn2[C@H]1CC(O)[C@@H](CO)O1. The maximum atomic E-state index is 10.5. The Kier molecular flexibility index (Phi) is 53.9. The second kappa shape index (κ2) is 60.1. The molecule has 147 heavy (non-hydrogen) atoms. The molecule has 826 valence electrons. The molecule has 46 nitrogen and oxygen atoms in total. The number of rotatable bonds is 30. The van der Waals surface area contributed by atoms with Gasteiger partial charge in [-0.25, -0.2) is 89.7 Å². The van der Waals surface area contributed by atoms with Crippen LogP contribution in [0.25, 0.3) is 55.8 Å². The molecule has 15 atom stereocenters. The van der Waals surface area contributed by atoms with Crippen LogP contribution in [0.5, 0.6) is 0 Å². The lowest BCUT2D eigenvalue weighted by molar-refractivity contribution is -0.179. The molecule has 0 spiro atoms. The highest BCUT2D eigenvalue weighted by molar-refractivity contribution is 9.09. The van der Waals surface area contributed by atoms with Crippen molar-refractivity contribution in [2.45, 2.75) is 285 Å². The highest BCUT2D eigenvalue weighted by Crippen LogP contribution is 2.44. The van der Waals surface area contributed by atoms with Crippen LogP contribution in [0.15, 0.2) is 116 Å². The number of ether oxygens (including phenoxy) is 9. The maximum Gasteiger partial charge on any atom is 0.217 e. The van der Waals surface area contributed by atoms with Gasteiger partial charge in [0.15, 0.2) is 97.9 Å². The van der Waals surface area contributed by atoms with E-state index in [1.165, 1.54) is 31.6 Å². The van der Waals surface area contributed by atoms with E-state index in [9.17, 15) is 25.5 Å². The normalized spacial score (nSPS) is 21.9. The first-order chi connectivity index (χ1) is 66.9. The van der Waals surface area contributed by atoms with Crippen LogP contribution in [0, 0.1) is 0 Å². The van der Waals surface area contributed by atoms with E-state index >= 15 is 0 Å². The number of nitrogens with two attached hydrogens (primary N) is 2. The van der Waals surface area contributed by atoms with Crippen molar-refractivity contribution in [1.82, 2.24) is 117 Å². The van der Waals surface area contributed by atoms with E-state index in [1.807, 2.05) is 80.2 Å². The van der Waals surface area contributed by atoms with Crippen LogP contribution in [0.2, 0.25) is 54.4 Å². The van der Waals surface area contributed by atoms with Crippen molar-refractivity contribution in [1.29, 1.82) is 0 Å². The summed E-state index contributed by atoms with van der Waals surface area (Å²) in [5, 5.41) is 59.2. The molecule has 51 heteroatoms. The molecule has 0 aliphatic carbocycles. The number of methoxy groups -OCH3 is 2. The number of alkyl halides is 1. The Balaban J connectivity index is 0.000000451. The summed E-state index contributed by atoms with van der Waals surface area (Å²) < 4.78 is 72.6. The first-order valence-corrected chi connectivity index (χ1v) is 57.4. The molecule has 0 aromatic carbocycles. The molecule has 5 aliphatic heterocycles. The van der Waals surface area contributed by atoms with Crippen LogP contribution < -0.4 is 11.5 Å². The topological polar surface area (TPSA) is 543 Å². The third-order valence-corrected chi connectivity index (χ3v) is 39.2. The maximum absolute atomic E-state index is 10.5. The van der Waals surface area contributed by atoms with E-state index in [0.29, 0.717) is 148 Å². The first-order valence-electron chi connectivity index (χ1n) is 46.4. The van der Waals surface area contributed by atoms with Crippen molar-refractivity contribution >= 4 is 155 Å². The zero-order valence-electron chi connectivity index (χ0n) is 86.4. The van der Waals surface area contributed by atoms with Gasteiger partial charge in [-0.15, -0.1) is 19.7 Å². The number of fused-ring (bicyclic) bond motifs is 5. The van der Waals surface area contributed by atoms with Gasteiger partial charge in [0.05, 0.1) is 127 Å². The van der Waals surface area contributed by atoms with E-state index < -0.39 is 67.0 Å². The van der Waals surface area contributed by atoms with Gasteiger partial charge in [-0.1, -0.05) is 147 Å².